The van der Waals surface area contributed by atoms with E-state index in [1.807, 2.05) is 39.0 Å². The summed E-state index contributed by atoms with van der Waals surface area (Å²) in [4.78, 5) is 16.9. The molecule has 1 aromatic rings. The second kappa shape index (κ2) is 6.93. The summed E-state index contributed by atoms with van der Waals surface area (Å²) in [5.41, 5.74) is 6.75. The zero-order valence-corrected chi connectivity index (χ0v) is 14.7. The van der Waals surface area contributed by atoms with Crippen molar-refractivity contribution in [2.45, 2.75) is 32.7 Å². The van der Waals surface area contributed by atoms with Crippen LogP contribution < -0.4 is 11.1 Å². The van der Waals surface area contributed by atoms with E-state index >= 15 is 0 Å². The van der Waals surface area contributed by atoms with Gasteiger partial charge in [0.2, 0.25) is 0 Å². The third-order valence-corrected chi connectivity index (χ3v) is 4.89. The molecule has 4 N–H and O–H groups in total. The average molecular weight is 335 g/mol. The Kier molecular flexibility index (Phi) is 5.37. The van der Waals surface area contributed by atoms with Gasteiger partial charge in [0.05, 0.1) is 5.54 Å². The monoisotopic (exact) mass is 335 g/mol. The number of thioether (sulfide) groups is 1. The van der Waals surface area contributed by atoms with E-state index in [1.165, 1.54) is 0 Å². The Morgan fingerprint density at radius 2 is 2.26 bits per heavy atom. The van der Waals surface area contributed by atoms with Crippen molar-refractivity contribution in [1.82, 2.24) is 5.32 Å². The molecule has 126 valence electrons. The molecule has 1 aromatic carbocycles. The van der Waals surface area contributed by atoms with Gasteiger partial charge < -0.3 is 16.2 Å². The molecule has 0 fully saturated rings. The molecular formula is C17H25N3O2S. The molecule has 5 nitrogen and oxygen atoms in total. The van der Waals surface area contributed by atoms with Crippen LogP contribution >= 0.6 is 11.8 Å². The number of aliphatic imine (C=N–C) groups is 1. The largest absolute Gasteiger partial charge is 0.396 e. The van der Waals surface area contributed by atoms with Crippen molar-refractivity contribution in [3.05, 3.63) is 35.4 Å². The maximum absolute atomic E-state index is 12.4. The Labute approximate surface area is 141 Å². The Morgan fingerprint density at radius 1 is 1.52 bits per heavy atom. The topological polar surface area (TPSA) is 87.7 Å². The van der Waals surface area contributed by atoms with Gasteiger partial charge in [-0.1, -0.05) is 37.7 Å². The summed E-state index contributed by atoms with van der Waals surface area (Å²) < 4.78 is 0. The van der Waals surface area contributed by atoms with Crippen LogP contribution in [0, 0.1) is 5.41 Å². The SMILES string of the molecule is CC(C)(CO)CNC(=O)c1cccc(C2(C)CCSC(N)=N2)c1. The number of nitrogens with two attached hydrogens (primary N) is 1. The predicted octanol–water partition coefficient (Wildman–Crippen LogP) is 2.10. The number of hydrogen-bond acceptors (Lipinski definition) is 5. The number of aliphatic hydroxyl groups excluding tert-OH is 1. The lowest BCUT2D eigenvalue weighted by atomic mass is 9.88. The highest BCUT2D eigenvalue weighted by atomic mass is 32.2. The van der Waals surface area contributed by atoms with Crippen molar-refractivity contribution in [2.75, 3.05) is 18.9 Å². The number of aliphatic hydroxyl groups is 1. The summed E-state index contributed by atoms with van der Waals surface area (Å²) in [6.07, 6.45) is 0.890. The number of nitrogens with zero attached hydrogens (tertiary/aromatic N) is 1. The van der Waals surface area contributed by atoms with E-state index in [-0.39, 0.29) is 23.5 Å². The molecule has 1 amide bonds. The lowest BCUT2D eigenvalue weighted by Gasteiger charge is -2.30. The third-order valence-electron chi connectivity index (χ3n) is 4.10. The quantitative estimate of drug-likeness (QED) is 0.769. The van der Waals surface area contributed by atoms with E-state index in [0.29, 0.717) is 17.3 Å². The zero-order valence-electron chi connectivity index (χ0n) is 13.9. The van der Waals surface area contributed by atoms with Gasteiger partial charge in [-0.2, -0.15) is 0 Å². The van der Waals surface area contributed by atoms with Gasteiger partial charge in [-0.15, -0.1) is 0 Å². The van der Waals surface area contributed by atoms with Gasteiger partial charge in [0, 0.05) is 29.9 Å². The number of hydrogen-bond donors (Lipinski definition) is 3. The smallest absolute Gasteiger partial charge is 0.251 e. The standard InChI is InChI=1S/C17H25N3O2S/c1-16(2,11-21)10-19-14(22)12-5-4-6-13(9-12)17(3)7-8-23-15(18)20-17/h4-6,9,21H,7-8,10-11H2,1-3H3,(H2,18,20)(H,19,22). The highest BCUT2D eigenvalue weighted by Crippen LogP contribution is 2.35. The highest BCUT2D eigenvalue weighted by molar-refractivity contribution is 8.13. The molecular weight excluding hydrogens is 310 g/mol. The van der Waals surface area contributed by atoms with E-state index in [1.54, 1.807) is 17.8 Å². The van der Waals surface area contributed by atoms with Gasteiger partial charge in [-0.05, 0) is 31.0 Å². The Bertz CT molecular complexity index is 616. The van der Waals surface area contributed by atoms with Crippen LogP contribution in [0.2, 0.25) is 0 Å². The predicted molar refractivity (Wildman–Crippen MR) is 95.7 cm³/mol. The van der Waals surface area contributed by atoms with E-state index in [4.69, 9.17) is 5.73 Å². The molecule has 0 aromatic heterocycles. The Balaban J connectivity index is 2.17. The number of benzene rings is 1. The summed E-state index contributed by atoms with van der Waals surface area (Å²) in [7, 11) is 0. The van der Waals surface area contributed by atoms with E-state index < -0.39 is 0 Å². The van der Waals surface area contributed by atoms with Gasteiger partial charge in [0.1, 0.15) is 0 Å². The maximum Gasteiger partial charge on any atom is 0.251 e. The Hall–Kier alpha value is -1.53. The summed E-state index contributed by atoms with van der Waals surface area (Å²) in [6, 6.07) is 7.54. The van der Waals surface area contributed by atoms with E-state index in [9.17, 15) is 9.90 Å². The number of carbonyl (C=O) groups is 1. The van der Waals surface area contributed by atoms with Gasteiger partial charge in [0.25, 0.3) is 5.91 Å². The van der Waals surface area contributed by atoms with E-state index in [2.05, 4.69) is 10.3 Å². The minimum absolute atomic E-state index is 0.0249. The van der Waals surface area contributed by atoms with Crippen molar-refractivity contribution < 1.29 is 9.90 Å². The lowest BCUT2D eigenvalue weighted by molar-refractivity contribution is 0.0911. The second-order valence-corrected chi connectivity index (χ2v) is 8.02. The van der Waals surface area contributed by atoms with Crippen LogP contribution in [0.25, 0.3) is 0 Å². The minimum Gasteiger partial charge on any atom is -0.396 e. The lowest BCUT2D eigenvalue weighted by Crippen LogP contribution is -2.36. The van der Waals surface area contributed by atoms with Crippen LogP contribution in [0.4, 0.5) is 0 Å². The molecule has 1 atom stereocenters. The first-order chi connectivity index (χ1) is 10.8. The van der Waals surface area contributed by atoms with Crippen LogP contribution in [0.3, 0.4) is 0 Å². The average Bonchev–Trinajstić information content (AvgIpc) is 2.52. The molecule has 0 saturated carbocycles. The first-order valence-corrected chi connectivity index (χ1v) is 8.72. The summed E-state index contributed by atoms with van der Waals surface area (Å²) in [5.74, 6) is 0.784. The molecule has 1 aliphatic rings. The fourth-order valence-electron chi connectivity index (χ4n) is 2.37. The minimum atomic E-state index is -0.379. The third kappa shape index (κ3) is 4.48. The van der Waals surface area contributed by atoms with Crippen molar-refractivity contribution >= 4 is 22.8 Å². The molecule has 23 heavy (non-hydrogen) atoms. The van der Waals surface area contributed by atoms with Crippen LogP contribution in [0.15, 0.2) is 29.3 Å². The van der Waals surface area contributed by atoms with Crippen LogP contribution in [0.5, 0.6) is 0 Å². The normalized spacial score (nSPS) is 21.7. The molecule has 0 saturated heterocycles. The summed E-state index contributed by atoms with van der Waals surface area (Å²) >= 11 is 1.56. The van der Waals surface area contributed by atoms with Gasteiger partial charge >= 0.3 is 0 Å². The first-order valence-electron chi connectivity index (χ1n) is 7.73. The molecule has 0 radical (unpaired) electrons. The molecule has 0 spiro atoms. The second-order valence-electron chi connectivity index (χ2n) is 6.91. The van der Waals surface area contributed by atoms with Crippen LogP contribution in [-0.4, -0.2) is 35.1 Å². The number of carbonyl (C=O) groups excluding carboxylic acids is 1. The summed E-state index contributed by atoms with van der Waals surface area (Å²) in [6.45, 7) is 6.30. The molecule has 1 unspecified atom stereocenters. The van der Waals surface area contributed by atoms with Crippen molar-refractivity contribution in [3.63, 3.8) is 0 Å². The number of amidine groups is 1. The maximum atomic E-state index is 12.4. The van der Waals surface area contributed by atoms with Gasteiger partial charge in [-0.3, -0.25) is 9.79 Å². The molecule has 1 heterocycles. The van der Waals surface area contributed by atoms with Gasteiger partial charge in [0.15, 0.2) is 5.17 Å². The number of rotatable bonds is 5. The highest BCUT2D eigenvalue weighted by Gasteiger charge is 2.30. The van der Waals surface area contributed by atoms with E-state index in [0.717, 1.165) is 17.7 Å². The molecule has 0 aliphatic carbocycles. The summed E-state index contributed by atoms with van der Waals surface area (Å²) in [5, 5.41) is 12.7. The number of amides is 1. The fourth-order valence-corrected chi connectivity index (χ4v) is 3.34. The molecule has 1 aliphatic heterocycles. The molecule has 2 rings (SSSR count). The Morgan fingerprint density at radius 3 is 2.91 bits per heavy atom. The van der Waals surface area contributed by atoms with Crippen LogP contribution in [0.1, 0.15) is 43.1 Å². The van der Waals surface area contributed by atoms with Crippen molar-refractivity contribution in [1.29, 1.82) is 0 Å². The van der Waals surface area contributed by atoms with Gasteiger partial charge in [-0.25, -0.2) is 0 Å². The first kappa shape index (κ1) is 17.8. The van der Waals surface area contributed by atoms with Crippen molar-refractivity contribution in [2.24, 2.45) is 16.1 Å². The van der Waals surface area contributed by atoms with Crippen molar-refractivity contribution in [3.8, 4) is 0 Å². The van der Waals surface area contributed by atoms with Crippen LogP contribution in [-0.2, 0) is 5.54 Å². The molecule has 6 heteroatoms. The zero-order chi connectivity index (χ0) is 17.1. The number of nitrogens with one attached hydrogen (secondary N) is 1. The molecule has 0 bridgehead atoms. The fraction of sp³-hybridized carbons (Fsp3) is 0.529.